The molecule has 0 aliphatic rings. The number of para-hydroxylation sites is 1. The van der Waals surface area contributed by atoms with Crippen LogP contribution in [0.25, 0.3) is 5.69 Å². The van der Waals surface area contributed by atoms with E-state index in [1.54, 1.807) is 9.36 Å². The molecule has 0 radical (unpaired) electrons. The summed E-state index contributed by atoms with van der Waals surface area (Å²) in [6.07, 6.45) is 11.0. The van der Waals surface area contributed by atoms with E-state index in [0.29, 0.717) is 18.5 Å². The van der Waals surface area contributed by atoms with Crippen LogP contribution in [0.3, 0.4) is 0 Å². The molecule has 19 heavy (non-hydrogen) atoms. The highest BCUT2D eigenvalue weighted by Gasteiger charge is 2.16. The van der Waals surface area contributed by atoms with Crippen molar-refractivity contribution in [2.75, 3.05) is 0 Å². The van der Waals surface area contributed by atoms with Crippen molar-refractivity contribution >= 4 is 0 Å². The monoisotopic (exact) mass is 250 g/mol. The molecule has 0 atom stereocenters. The summed E-state index contributed by atoms with van der Waals surface area (Å²) in [5.74, 6) is 5.09. The largest absolute Gasteiger partial charge is 0.275 e. The zero-order chi connectivity index (χ0) is 13.8. The minimum absolute atomic E-state index is 0.100. The average Bonchev–Trinajstić information content (AvgIpc) is 2.65. The van der Waals surface area contributed by atoms with Gasteiger partial charge in [0.1, 0.15) is 6.54 Å². The van der Waals surface area contributed by atoms with E-state index in [4.69, 9.17) is 12.8 Å². The predicted octanol–water partition coefficient (Wildman–Crippen LogP) is 1.76. The quantitative estimate of drug-likeness (QED) is 0.762. The van der Waals surface area contributed by atoms with Gasteiger partial charge in [0.25, 0.3) is 5.56 Å². The van der Waals surface area contributed by atoms with E-state index in [2.05, 4.69) is 11.8 Å². The van der Waals surface area contributed by atoms with Crippen molar-refractivity contribution in [2.24, 2.45) is 0 Å². The number of terminal acetylenes is 2. The van der Waals surface area contributed by atoms with Crippen molar-refractivity contribution in [3.05, 3.63) is 51.9 Å². The molecule has 94 valence electrons. The zero-order valence-electron chi connectivity index (χ0n) is 10.8. The molecule has 0 saturated carbocycles. The lowest BCUT2D eigenvalue weighted by atomic mass is 10.2. The molecule has 0 unspecified atom stereocenters. The van der Waals surface area contributed by atoms with Gasteiger partial charge < -0.3 is 0 Å². The fourth-order valence-corrected chi connectivity index (χ4v) is 2.11. The normalized spacial score (nSPS) is 9.84. The topological polar surface area (TPSA) is 26.9 Å². The van der Waals surface area contributed by atoms with Gasteiger partial charge in [-0.3, -0.25) is 9.48 Å². The molecule has 0 saturated heterocycles. The van der Waals surface area contributed by atoms with E-state index >= 15 is 0 Å². The molecule has 0 aliphatic heterocycles. The summed E-state index contributed by atoms with van der Waals surface area (Å²) in [4.78, 5) is 12.5. The lowest BCUT2D eigenvalue weighted by molar-refractivity contribution is 0.596. The second-order valence-corrected chi connectivity index (χ2v) is 4.16. The van der Waals surface area contributed by atoms with Gasteiger partial charge in [0.05, 0.1) is 11.3 Å². The van der Waals surface area contributed by atoms with Crippen LogP contribution in [-0.4, -0.2) is 9.36 Å². The van der Waals surface area contributed by atoms with Gasteiger partial charge in [-0.25, -0.2) is 4.68 Å². The van der Waals surface area contributed by atoms with E-state index in [-0.39, 0.29) is 5.56 Å². The molecule has 1 heterocycles. The Morgan fingerprint density at radius 1 is 1.16 bits per heavy atom. The van der Waals surface area contributed by atoms with E-state index in [9.17, 15) is 4.79 Å². The highest BCUT2D eigenvalue weighted by Crippen LogP contribution is 2.11. The molecule has 3 heteroatoms. The summed E-state index contributed by atoms with van der Waals surface area (Å²) in [7, 11) is 0. The van der Waals surface area contributed by atoms with Crippen LogP contribution in [0.1, 0.15) is 11.3 Å². The van der Waals surface area contributed by atoms with Gasteiger partial charge in [-0.15, -0.1) is 18.8 Å². The summed E-state index contributed by atoms with van der Waals surface area (Å²) >= 11 is 0. The Bertz CT molecular complexity index is 721. The number of aromatic nitrogens is 2. The van der Waals surface area contributed by atoms with Crippen molar-refractivity contribution < 1.29 is 0 Å². The maximum absolute atomic E-state index is 12.5. The van der Waals surface area contributed by atoms with Crippen molar-refractivity contribution in [3.63, 3.8) is 0 Å². The van der Waals surface area contributed by atoms with E-state index in [1.165, 1.54) is 0 Å². The fraction of sp³-hybridized carbons (Fsp3) is 0.188. The first-order valence-electron chi connectivity index (χ1n) is 5.94. The molecule has 0 spiro atoms. The standard InChI is InChI=1S/C16H14N2O/c1-4-9-15-13(3)17(12-5-2)18(16(15)19)14-10-7-6-8-11-14/h1-2,6-8,10-11H,9,12H2,3H3. The SMILES string of the molecule is C#CCc1c(C)n(CC#C)n(-c2ccccc2)c1=O. The van der Waals surface area contributed by atoms with E-state index in [0.717, 1.165) is 11.4 Å². The second-order valence-electron chi connectivity index (χ2n) is 4.16. The van der Waals surface area contributed by atoms with Crippen molar-refractivity contribution in [3.8, 4) is 30.4 Å². The van der Waals surface area contributed by atoms with Crippen LogP contribution < -0.4 is 5.56 Å². The Hall–Kier alpha value is -2.65. The third-order valence-electron chi connectivity index (χ3n) is 3.04. The molecule has 2 aromatic rings. The molecule has 0 amide bonds. The summed E-state index contributed by atoms with van der Waals surface area (Å²) < 4.78 is 3.37. The maximum atomic E-state index is 12.5. The molecule has 0 bridgehead atoms. The molecule has 0 N–H and O–H groups in total. The summed E-state index contributed by atoms with van der Waals surface area (Å²) in [5, 5.41) is 0. The fourth-order valence-electron chi connectivity index (χ4n) is 2.11. The minimum atomic E-state index is -0.100. The third kappa shape index (κ3) is 2.19. The Morgan fingerprint density at radius 2 is 1.84 bits per heavy atom. The molecule has 1 aromatic heterocycles. The number of hydrogen-bond acceptors (Lipinski definition) is 1. The smallest absolute Gasteiger partial charge is 0.270 e. The first kappa shape index (κ1) is 12.8. The van der Waals surface area contributed by atoms with Gasteiger partial charge in [0.2, 0.25) is 0 Å². The van der Waals surface area contributed by atoms with Crippen LogP contribution in [0.15, 0.2) is 35.1 Å². The van der Waals surface area contributed by atoms with Crippen LogP contribution in [0.4, 0.5) is 0 Å². The second kappa shape index (κ2) is 5.33. The van der Waals surface area contributed by atoms with E-state index < -0.39 is 0 Å². The van der Waals surface area contributed by atoms with Crippen LogP contribution in [-0.2, 0) is 13.0 Å². The third-order valence-corrected chi connectivity index (χ3v) is 3.04. The Morgan fingerprint density at radius 3 is 2.42 bits per heavy atom. The first-order chi connectivity index (χ1) is 9.20. The van der Waals surface area contributed by atoms with Crippen molar-refractivity contribution in [2.45, 2.75) is 19.9 Å². The number of nitrogens with zero attached hydrogens (tertiary/aromatic N) is 2. The van der Waals surface area contributed by atoms with Crippen LogP contribution in [0.2, 0.25) is 0 Å². The summed E-state index contributed by atoms with van der Waals surface area (Å²) in [5.41, 5.74) is 2.14. The van der Waals surface area contributed by atoms with Gasteiger partial charge in [-0.2, -0.15) is 0 Å². The molecule has 0 aliphatic carbocycles. The highest BCUT2D eigenvalue weighted by atomic mass is 16.1. The summed E-state index contributed by atoms with van der Waals surface area (Å²) in [6.45, 7) is 2.20. The predicted molar refractivity (Wildman–Crippen MR) is 76.1 cm³/mol. The lowest BCUT2D eigenvalue weighted by Crippen LogP contribution is -2.22. The van der Waals surface area contributed by atoms with Gasteiger partial charge in [0.15, 0.2) is 0 Å². The summed E-state index contributed by atoms with van der Waals surface area (Å²) in [6, 6.07) is 9.40. The van der Waals surface area contributed by atoms with Gasteiger partial charge in [0, 0.05) is 12.1 Å². The van der Waals surface area contributed by atoms with Gasteiger partial charge in [-0.1, -0.05) is 24.1 Å². The average molecular weight is 250 g/mol. The van der Waals surface area contributed by atoms with Gasteiger partial charge in [-0.05, 0) is 19.1 Å². The number of rotatable bonds is 3. The zero-order valence-corrected chi connectivity index (χ0v) is 10.8. The Kier molecular flexibility index (Phi) is 3.59. The first-order valence-corrected chi connectivity index (χ1v) is 5.94. The van der Waals surface area contributed by atoms with Crippen LogP contribution in [0, 0.1) is 31.6 Å². The molecule has 0 fully saturated rings. The Labute approximate surface area is 112 Å². The van der Waals surface area contributed by atoms with Crippen molar-refractivity contribution in [1.29, 1.82) is 0 Å². The minimum Gasteiger partial charge on any atom is -0.270 e. The number of hydrogen-bond donors (Lipinski definition) is 0. The highest BCUT2D eigenvalue weighted by molar-refractivity contribution is 5.34. The molecular weight excluding hydrogens is 236 g/mol. The molecular formula is C16H14N2O. The van der Waals surface area contributed by atoms with Crippen molar-refractivity contribution in [1.82, 2.24) is 9.36 Å². The lowest BCUT2D eigenvalue weighted by Gasteiger charge is -2.10. The van der Waals surface area contributed by atoms with Crippen LogP contribution >= 0.6 is 0 Å². The molecule has 1 aromatic carbocycles. The van der Waals surface area contributed by atoms with Crippen LogP contribution in [0.5, 0.6) is 0 Å². The maximum Gasteiger partial charge on any atom is 0.275 e. The van der Waals surface area contributed by atoms with Gasteiger partial charge >= 0.3 is 0 Å². The molecule has 2 rings (SSSR count). The van der Waals surface area contributed by atoms with E-state index in [1.807, 2.05) is 37.3 Å². The Balaban J connectivity index is 2.73. The molecule has 3 nitrogen and oxygen atoms in total. The number of benzene rings is 1.